The van der Waals surface area contributed by atoms with Gasteiger partial charge in [-0.1, -0.05) is 36.4 Å². The average Bonchev–Trinajstić information content (AvgIpc) is 2.57. The Hall–Kier alpha value is -2.44. The van der Waals surface area contributed by atoms with Crippen LogP contribution in [-0.4, -0.2) is 34.1 Å². The molecule has 0 aliphatic heterocycles. The molecule has 22 heavy (non-hydrogen) atoms. The first kappa shape index (κ1) is 15.9. The van der Waals surface area contributed by atoms with E-state index in [1.54, 1.807) is 54.6 Å². The van der Waals surface area contributed by atoms with E-state index < -0.39 is 24.5 Å². The molecule has 0 amide bonds. The number of carbonyl (C=O) groups is 2. The highest BCUT2D eigenvalue weighted by molar-refractivity contribution is 6.06. The number of benzene rings is 2. The third kappa shape index (κ3) is 3.60. The van der Waals surface area contributed by atoms with Gasteiger partial charge in [-0.25, -0.2) is 4.79 Å². The summed E-state index contributed by atoms with van der Waals surface area (Å²) in [5, 5.41) is 9.39. The van der Waals surface area contributed by atoms with Gasteiger partial charge in [0.2, 0.25) is 0 Å². The quantitative estimate of drug-likeness (QED) is 0.516. The van der Waals surface area contributed by atoms with Gasteiger partial charge in [0.25, 0.3) is 0 Å². The molecule has 2 rings (SSSR count). The number of rotatable bonds is 5. The fraction of sp³-hybridized carbons (Fsp3) is 0.125. The summed E-state index contributed by atoms with van der Waals surface area (Å²) in [4.78, 5) is 23.8. The summed E-state index contributed by atoms with van der Waals surface area (Å²) in [6.07, 6.45) is 0. The monoisotopic (exact) mass is 313 g/mol. The van der Waals surface area contributed by atoms with Crippen molar-refractivity contribution in [3.05, 3.63) is 65.7 Å². The summed E-state index contributed by atoms with van der Waals surface area (Å²) in [5.41, 5.74) is 0.762. The molecular formula is C16H13O5Si. The minimum Gasteiger partial charge on any atom is -0.515 e. The molecule has 111 valence electrons. The van der Waals surface area contributed by atoms with E-state index >= 15 is 0 Å². The van der Waals surface area contributed by atoms with E-state index in [1.165, 1.54) is 0 Å². The average molecular weight is 313 g/mol. The molecule has 1 unspecified atom stereocenters. The maximum atomic E-state index is 12.1. The minimum atomic E-state index is -0.947. The Morgan fingerprint density at radius 2 is 1.68 bits per heavy atom. The Balaban J connectivity index is 2.29. The van der Waals surface area contributed by atoms with Gasteiger partial charge in [-0.3, -0.25) is 4.79 Å². The van der Waals surface area contributed by atoms with Crippen LogP contribution in [0.2, 0.25) is 0 Å². The highest BCUT2D eigenvalue weighted by atomic mass is 28.2. The van der Waals surface area contributed by atoms with Crippen molar-refractivity contribution < 1.29 is 23.9 Å². The van der Waals surface area contributed by atoms with E-state index in [0.717, 1.165) is 0 Å². The summed E-state index contributed by atoms with van der Waals surface area (Å²) in [5.74, 6) is -1.97. The molecule has 1 atom stereocenters. The van der Waals surface area contributed by atoms with Gasteiger partial charge in [0.15, 0.2) is 0 Å². The predicted octanol–water partition coefficient (Wildman–Crippen LogP) is 1.61. The van der Waals surface area contributed by atoms with E-state index in [9.17, 15) is 14.7 Å². The molecule has 3 radical (unpaired) electrons. The number of esters is 1. The van der Waals surface area contributed by atoms with Crippen molar-refractivity contribution in [1.29, 1.82) is 0 Å². The van der Waals surface area contributed by atoms with Crippen molar-refractivity contribution >= 4 is 22.4 Å². The van der Waals surface area contributed by atoms with E-state index in [0.29, 0.717) is 11.1 Å². The van der Waals surface area contributed by atoms with E-state index in [4.69, 9.17) is 4.74 Å². The van der Waals surface area contributed by atoms with Crippen molar-refractivity contribution in [2.45, 2.75) is 5.92 Å². The molecule has 0 spiro atoms. The molecule has 2 aromatic rings. The highest BCUT2D eigenvalue weighted by Gasteiger charge is 2.24. The summed E-state index contributed by atoms with van der Waals surface area (Å²) >= 11 is 0. The number of aliphatic hydroxyl groups is 1. The second-order valence-electron chi connectivity index (χ2n) is 4.45. The minimum absolute atomic E-state index is 0.201. The summed E-state index contributed by atoms with van der Waals surface area (Å²) in [6, 6.07) is 15.0. The number of carbonyl (C=O) groups excluding carboxylic acids is 2. The molecule has 0 heterocycles. The van der Waals surface area contributed by atoms with Crippen LogP contribution < -0.4 is 4.74 Å². The van der Waals surface area contributed by atoms with E-state index in [2.05, 4.69) is 14.9 Å². The first-order chi connectivity index (χ1) is 10.7. The molecular weight excluding hydrogens is 300 g/mol. The number of ether oxygens (including phenoxy) is 1. The molecule has 2 aromatic carbocycles. The predicted molar refractivity (Wildman–Crippen MR) is 79.5 cm³/mol. The van der Waals surface area contributed by atoms with Crippen LogP contribution in [0.4, 0.5) is 0 Å². The number of aliphatic hydroxyl groups excluding tert-OH is 1. The van der Waals surface area contributed by atoms with Gasteiger partial charge in [0.1, 0.15) is 11.7 Å². The van der Waals surface area contributed by atoms with Crippen LogP contribution in [0, 0.1) is 0 Å². The van der Waals surface area contributed by atoms with Crippen molar-refractivity contribution in [1.82, 2.24) is 0 Å². The van der Waals surface area contributed by atoms with Crippen molar-refractivity contribution in [2.24, 2.45) is 0 Å². The maximum absolute atomic E-state index is 12.1. The van der Waals surface area contributed by atoms with Gasteiger partial charge in [0.05, 0.1) is 12.2 Å². The normalized spacial score (nSPS) is 11.5. The fourth-order valence-electron chi connectivity index (χ4n) is 1.97. The fourth-order valence-corrected chi connectivity index (χ4v) is 2.11. The van der Waals surface area contributed by atoms with E-state index in [-0.39, 0.29) is 5.75 Å². The third-order valence-corrected chi connectivity index (χ3v) is 3.28. The van der Waals surface area contributed by atoms with Crippen molar-refractivity contribution in [3.8, 4) is 5.75 Å². The molecule has 0 bridgehead atoms. The summed E-state index contributed by atoms with van der Waals surface area (Å²) in [7, 11) is 2.65. The first-order valence-electron chi connectivity index (χ1n) is 6.51. The SMILES string of the molecule is O=C(Oc1ccccc1C(CO)C(=O)O[Si])c1ccccc1. The zero-order valence-corrected chi connectivity index (χ0v) is 12.6. The topological polar surface area (TPSA) is 72.8 Å². The van der Waals surface area contributed by atoms with Crippen LogP contribution in [0.25, 0.3) is 0 Å². The van der Waals surface area contributed by atoms with Crippen LogP contribution in [0.3, 0.4) is 0 Å². The molecule has 0 aliphatic carbocycles. The Morgan fingerprint density at radius 3 is 2.32 bits per heavy atom. The number of hydrogen-bond acceptors (Lipinski definition) is 5. The summed E-state index contributed by atoms with van der Waals surface area (Å²) < 4.78 is 9.80. The molecule has 0 saturated carbocycles. The van der Waals surface area contributed by atoms with Gasteiger partial charge in [-0.15, -0.1) is 0 Å². The second-order valence-corrected chi connectivity index (χ2v) is 4.65. The first-order valence-corrected chi connectivity index (χ1v) is 6.92. The molecule has 6 heteroatoms. The van der Waals surface area contributed by atoms with Crippen LogP contribution >= 0.6 is 0 Å². The Bertz CT molecular complexity index is 657. The van der Waals surface area contributed by atoms with Gasteiger partial charge >= 0.3 is 22.4 Å². The largest absolute Gasteiger partial charge is 0.515 e. The number of hydrogen-bond donors (Lipinski definition) is 1. The van der Waals surface area contributed by atoms with Crippen LogP contribution in [0.5, 0.6) is 5.75 Å². The second kappa shape index (κ2) is 7.53. The molecule has 0 aromatic heterocycles. The molecule has 1 N–H and O–H groups in total. The van der Waals surface area contributed by atoms with Gasteiger partial charge in [-0.05, 0) is 18.2 Å². The smallest absolute Gasteiger partial charge is 0.345 e. The van der Waals surface area contributed by atoms with Gasteiger partial charge in [-0.2, -0.15) is 0 Å². The standard InChI is InChI=1S/C16H13O5Si/c17-10-13(16(19)21-22)12-8-4-5-9-14(12)20-15(18)11-6-2-1-3-7-11/h1-9,13,17H,10H2. The Kier molecular flexibility index (Phi) is 5.46. The van der Waals surface area contributed by atoms with Crippen LogP contribution in [-0.2, 0) is 9.22 Å². The van der Waals surface area contributed by atoms with Gasteiger partial charge in [0, 0.05) is 5.56 Å². The van der Waals surface area contributed by atoms with E-state index in [1.807, 2.05) is 0 Å². The Morgan fingerprint density at radius 1 is 1.05 bits per heavy atom. The third-order valence-electron chi connectivity index (χ3n) is 3.07. The lowest BCUT2D eigenvalue weighted by Gasteiger charge is -2.16. The Labute approximate surface area is 131 Å². The lowest BCUT2D eigenvalue weighted by molar-refractivity contribution is -0.136. The maximum Gasteiger partial charge on any atom is 0.345 e. The molecule has 5 nitrogen and oxygen atoms in total. The van der Waals surface area contributed by atoms with Gasteiger partial charge < -0.3 is 14.3 Å². The molecule has 0 aliphatic rings. The lowest BCUT2D eigenvalue weighted by Crippen LogP contribution is -2.20. The van der Waals surface area contributed by atoms with Crippen molar-refractivity contribution in [2.75, 3.05) is 6.61 Å². The lowest BCUT2D eigenvalue weighted by atomic mass is 9.99. The summed E-state index contributed by atoms with van der Waals surface area (Å²) in [6.45, 7) is -0.469. The molecule has 0 fully saturated rings. The molecule has 0 saturated heterocycles. The van der Waals surface area contributed by atoms with Crippen LogP contribution in [0.1, 0.15) is 21.8 Å². The van der Waals surface area contributed by atoms with Crippen LogP contribution in [0.15, 0.2) is 54.6 Å². The number of para-hydroxylation sites is 1. The van der Waals surface area contributed by atoms with Crippen molar-refractivity contribution in [3.63, 3.8) is 0 Å². The highest BCUT2D eigenvalue weighted by Crippen LogP contribution is 2.28. The zero-order chi connectivity index (χ0) is 15.9. The zero-order valence-electron chi connectivity index (χ0n) is 11.6.